The second-order valence-electron chi connectivity index (χ2n) is 3.71. The first kappa shape index (κ1) is 13.3. The van der Waals surface area contributed by atoms with Crippen LogP contribution in [-0.2, 0) is 4.74 Å². The van der Waals surface area contributed by atoms with Gasteiger partial charge in [0.1, 0.15) is 12.4 Å². The predicted octanol–water partition coefficient (Wildman–Crippen LogP) is 0.877. The van der Waals surface area contributed by atoms with E-state index in [4.69, 9.17) is 10.5 Å². The first-order valence-electron chi connectivity index (χ1n) is 5.32. The molecule has 5 heteroatoms. The molecule has 0 amide bonds. The Kier molecular flexibility index (Phi) is 4.78. The number of ether oxygens (including phenoxy) is 2. The Hall–Kier alpha value is -1.75. The highest BCUT2D eigenvalue weighted by atomic mass is 16.5. The van der Waals surface area contributed by atoms with Gasteiger partial charge in [0.05, 0.1) is 18.4 Å². The molecule has 0 heterocycles. The fourth-order valence-corrected chi connectivity index (χ4v) is 1.41. The highest BCUT2D eigenvalue weighted by molar-refractivity contribution is 5.90. The molecule has 1 rings (SSSR count). The predicted molar refractivity (Wildman–Crippen MR) is 66.7 cm³/mol. The first-order chi connectivity index (χ1) is 8.10. The molecule has 0 fully saturated rings. The quantitative estimate of drug-likeness (QED) is 0.771. The molecule has 1 aromatic rings. The topological polar surface area (TPSA) is 64.8 Å². The van der Waals surface area contributed by atoms with Crippen molar-refractivity contribution >= 4 is 11.7 Å². The second-order valence-corrected chi connectivity index (χ2v) is 3.71. The summed E-state index contributed by atoms with van der Waals surface area (Å²) in [4.78, 5) is 13.3. The summed E-state index contributed by atoms with van der Waals surface area (Å²) in [7, 11) is 5.16. The van der Waals surface area contributed by atoms with E-state index in [0.717, 1.165) is 5.69 Å². The van der Waals surface area contributed by atoms with Gasteiger partial charge in [-0.15, -0.1) is 0 Å². The normalized spacial score (nSPS) is 9.88. The van der Waals surface area contributed by atoms with Gasteiger partial charge in [-0.3, -0.25) is 0 Å². The molecule has 94 valence electrons. The van der Waals surface area contributed by atoms with Crippen molar-refractivity contribution in [2.45, 2.75) is 0 Å². The van der Waals surface area contributed by atoms with Crippen molar-refractivity contribution in [2.75, 3.05) is 39.3 Å². The minimum atomic E-state index is -0.382. The van der Waals surface area contributed by atoms with Crippen LogP contribution in [0.5, 0.6) is 5.75 Å². The van der Waals surface area contributed by atoms with E-state index in [0.29, 0.717) is 24.5 Å². The molecule has 0 aliphatic carbocycles. The van der Waals surface area contributed by atoms with Gasteiger partial charge in [-0.25, -0.2) is 4.79 Å². The van der Waals surface area contributed by atoms with E-state index >= 15 is 0 Å². The van der Waals surface area contributed by atoms with Crippen LogP contribution in [0.3, 0.4) is 0 Å². The van der Waals surface area contributed by atoms with Crippen LogP contribution < -0.4 is 15.4 Å². The Morgan fingerprint density at radius 3 is 2.65 bits per heavy atom. The molecule has 1 aromatic carbocycles. The minimum absolute atomic E-state index is 0.382. The third kappa shape index (κ3) is 3.35. The summed E-state index contributed by atoms with van der Waals surface area (Å²) in [5.74, 6) is 0.247. The number of esters is 1. The largest absolute Gasteiger partial charge is 0.490 e. The Morgan fingerprint density at radius 1 is 1.41 bits per heavy atom. The molecule has 0 saturated heterocycles. The fraction of sp³-hybridized carbons (Fsp3) is 0.417. The highest BCUT2D eigenvalue weighted by Gasteiger charge is 2.11. The van der Waals surface area contributed by atoms with E-state index in [2.05, 4.69) is 4.74 Å². The van der Waals surface area contributed by atoms with Gasteiger partial charge in [0.15, 0.2) is 0 Å². The van der Waals surface area contributed by atoms with Crippen molar-refractivity contribution in [1.29, 1.82) is 0 Å². The maximum atomic E-state index is 11.4. The Morgan fingerprint density at radius 2 is 2.12 bits per heavy atom. The van der Waals surface area contributed by atoms with Crippen LogP contribution in [0, 0.1) is 0 Å². The van der Waals surface area contributed by atoms with Gasteiger partial charge in [-0.2, -0.15) is 0 Å². The van der Waals surface area contributed by atoms with Gasteiger partial charge in [-0.1, -0.05) is 0 Å². The zero-order valence-electron chi connectivity index (χ0n) is 10.4. The van der Waals surface area contributed by atoms with Gasteiger partial charge < -0.3 is 20.1 Å². The van der Waals surface area contributed by atoms with Gasteiger partial charge in [0, 0.05) is 20.6 Å². The number of carbonyl (C=O) groups excluding carboxylic acids is 1. The van der Waals surface area contributed by atoms with Crippen LogP contribution in [-0.4, -0.2) is 40.3 Å². The molecule has 0 spiro atoms. The van der Waals surface area contributed by atoms with Crippen LogP contribution >= 0.6 is 0 Å². The van der Waals surface area contributed by atoms with Crippen molar-refractivity contribution in [3.63, 3.8) is 0 Å². The van der Waals surface area contributed by atoms with Crippen molar-refractivity contribution in [3.8, 4) is 5.75 Å². The van der Waals surface area contributed by atoms with E-state index in [1.54, 1.807) is 12.1 Å². The lowest BCUT2D eigenvalue weighted by Crippen LogP contribution is -2.15. The third-order valence-electron chi connectivity index (χ3n) is 2.24. The number of hydrogen-bond donors (Lipinski definition) is 1. The average molecular weight is 238 g/mol. The van der Waals surface area contributed by atoms with Crippen LogP contribution in [0.4, 0.5) is 5.69 Å². The van der Waals surface area contributed by atoms with E-state index in [9.17, 15) is 4.79 Å². The molecule has 17 heavy (non-hydrogen) atoms. The highest BCUT2D eigenvalue weighted by Crippen LogP contribution is 2.28. The summed E-state index contributed by atoms with van der Waals surface area (Å²) in [5, 5.41) is 0. The summed E-state index contributed by atoms with van der Waals surface area (Å²) in [6, 6.07) is 5.19. The Bertz CT molecular complexity index is 391. The van der Waals surface area contributed by atoms with Crippen molar-refractivity contribution in [3.05, 3.63) is 23.8 Å². The monoisotopic (exact) mass is 238 g/mol. The van der Waals surface area contributed by atoms with Crippen molar-refractivity contribution < 1.29 is 14.3 Å². The van der Waals surface area contributed by atoms with Crippen LogP contribution in [0.15, 0.2) is 18.2 Å². The number of carbonyl (C=O) groups is 1. The molecular formula is C12H18N2O3. The number of hydrogen-bond acceptors (Lipinski definition) is 5. The lowest BCUT2D eigenvalue weighted by Gasteiger charge is -2.18. The van der Waals surface area contributed by atoms with Gasteiger partial charge in [0.25, 0.3) is 0 Å². The standard InChI is InChI=1S/C12H18N2O3/c1-14(2)10-5-4-9(12(15)16-3)8-11(10)17-7-6-13/h4-5,8H,6-7,13H2,1-3H3. The molecule has 2 N–H and O–H groups in total. The number of anilines is 1. The number of rotatable bonds is 5. The molecule has 0 unspecified atom stereocenters. The van der Waals surface area contributed by atoms with Crippen LogP contribution in [0.1, 0.15) is 10.4 Å². The molecular weight excluding hydrogens is 220 g/mol. The van der Waals surface area contributed by atoms with E-state index in [-0.39, 0.29) is 5.97 Å². The zero-order valence-corrected chi connectivity index (χ0v) is 10.4. The van der Waals surface area contributed by atoms with Gasteiger partial charge in [-0.05, 0) is 18.2 Å². The number of methoxy groups -OCH3 is 1. The molecule has 0 radical (unpaired) electrons. The Balaban J connectivity index is 3.05. The van der Waals surface area contributed by atoms with Crippen LogP contribution in [0.2, 0.25) is 0 Å². The summed E-state index contributed by atoms with van der Waals surface area (Å²) in [6.07, 6.45) is 0. The lowest BCUT2D eigenvalue weighted by atomic mass is 10.2. The fourth-order valence-electron chi connectivity index (χ4n) is 1.41. The average Bonchev–Trinajstić information content (AvgIpc) is 2.34. The number of nitrogens with zero attached hydrogens (tertiary/aromatic N) is 1. The first-order valence-corrected chi connectivity index (χ1v) is 5.32. The maximum Gasteiger partial charge on any atom is 0.337 e. The number of nitrogens with two attached hydrogens (primary N) is 1. The summed E-state index contributed by atoms with van der Waals surface area (Å²) in [5.41, 5.74) is 6.75. The summed E-state index contributed by atoms with van der Waals surface area (Å²) >= 11 is 0. The molecule has 0 bridgehead atoms. The van der Waals surface area contributed by atoms with Crippen molar-refractivity contribution in [1.82, 2.24) is 0 Å². The van der Waals surface area contributed by atoms with E-state index < -0.39 is 0 Å². The molecule has 5 nitrogen and oxygen atoms in total. The van der Waals surface area contributed by atoms with Crippen LogP contribution in [0.25, 0.3) is 0 Å². The number of benzene rings is 1. The molecule has 0 atom stereocenters. The van der Waals surface area contributed by atoms with E-state index in [1.807, 2.05) is 25.1 Å². The smallest absolute Gasteiger partial charge is 0.337 e. The second kappa shape index (κ2) is 6.10. The van der Waals surface area contributed by atoms with E-state index in [1.165, 1.54) is 7.11 Å². The van der Waals surface area contributed by atoms with Gasteiger partial charge in [0.2, 0.25) is 0 Å². The SMILES string of the molecule is COC(=O)c1ccc(N(C)C)c(OCCN)c1. The van der Waals surface area contributed by atoms with Crippen molar-refractivity contribution in [2.24, 2.45) is 5.73 Å². The Labute approximate surface area is 101 Å². The minimum Gasteiger partial charge on any atom is -0.490 e. The third-order valence-corrected chi connectivity index (χ3v) is 2.24. The summed E-state index contributed by atoms with van der Waals surface area (Å²) < 4.78 is 10.2. The molecule has 0 aliphatic rings. The maximum absolute atomic E-state index is 11.4. The zero-order chi connectivity index (χ0) is 12.8. The molecule has 0 saturated carbocycles. The molecule has 0 aliphatic heterocycles. The summed E-state index contributed by atoms with van der Waals surface area (Å²) in [6.45, 7) is 0.834. The van der Waals surface area contributed by atoms with Gasteiger partial charge >= 0.3 is 5.97 Å². The lowest BCUT2D eigenvalue weighted by molar-refractivity contribution is 0.0600. The molecule has 0 aromatic heterocycles.